The Morgan fingerprint density at radius 1 is 1.13 bits per heavy atom. The van der Waals surface area contributed by atoms with Crippen LogP contribution in [0.2, 0.25) is 0 Å². The maximum Gasteiger partial charge on any atom is 0.177 e. The summed E-state index contributed by atoms with van der Waals surface area (Å²) in [6, 6.07) is 4.75. The molecule has 0 bridgehead atoms. The van der Waals surface area contributed by atoms with Gasteiger partial charge in [-0.1, -0.05) is 0 Å². The lowest BCUT2D eigenvalue weighted by Gasteiger charge is -2.34. The molecule has 1 aliphatic rings. The number of rotatable bonds is 3. The zero-order valence-electron chi connectivity index (χ0n) is 17.7. The molecule has 1 saturated carbocycles. The lowest BCUT2D eigenvalue weighted by Crippen LogP contribution is -2.45. The van der Waals surface area contributed by atoms with Crippen LogP contribution in [0.25, 0.3) is 27.8 Å². The number of nitrogens with two attached hydrogens (primary N) is 2. The molecule has 1 fully saturated rings. The fraction of sp³-hybridized carbons (Fsp3) is 0.455. The van der Waals surface area contributed by atoms with Gasteiger partial charge >= 0.3 is 0 Å². The van der Waals surface area contributed by atoms with Crippen LogP contribution in [0.1, 0.15) is 57.2 Å². The van der Waals surface area contributed by atoms with Gasteiger partial charge in [-0.2, -0.15) is 5.10 Å². The molecule has 0 radical (unpaired) electrons. The third kappa shape index (κ3) is 2.98. The third-order valence-corrected chi connectivity index (χ3v) is 6.34. The number of hydrogen-bond donors (Lipinski definition) is 2. The normalized spacial score (nSPS) is 22.4. The first-order chi connectivity index (χ1) is 14.4. The lowest BCUT2D eigenvalue weighted by atomic mass is 9.80. The van der Waals surface area contributed by atoms with Crippen LogP contribution < -0.4 is 11.5 Å². The monoisotopic (exact) mass is 404 g/mol. The largest absolute Gasteiger partial charge is 0.328 e. The minimum Gasteiger partial charge on any atom is -0.328 e. The summed E-state index contributed by atoms with van der Waals surface area (Å²) in [5.41, 5.74) is 17.0. The highest BCUT2D eigenvalue weighted by Crippen LogP contribution is 2.33. The van der Waals surface area contributed by atoms with E-state index in [0.29, 0.717) is 11.9 Å². The highest BCUT2D eigenvalue weighted by atomic mass is 15.3. The number of hydrogen-bond acceptors (Lipinski definition) is 6. The topological polar surface area (TPSA) is 113 Å². The minimum absolute atomic E-state index is 0.230. The second-order valence-electron chi connectivity index (χ2n) is 8.82. The molecule has 8 heteroatoms. The molecule has 156 valence electrons. The Kier molecular flexibility index (Phi) is 4.37. The molecule has 0 aromatic carbocycles. The van der Waals surface area contributed by atoms with E-state index in [1.807, 2.05) is 30.0 Å². The number of imidazole rings is 1. The van der Waals surface area contributed by atoms with E-state index in [1.165, 1.54) is 0 Å². The van der Waals surface area contributed by atoms with Crippen molar-refractivity contribution in [1.82, 2.24) is 29.1 Å². The van der Waals surface area contributed by atoms with Crippen LogP contribution in [-0.4, -0.2) is 35.2 Å². The highest BCUT2D eigenvalue weighted by molar-refractivity contribution is 5.85. The van der Waals surface area contributed by atoms with Gasteiger partial charge in [0.2, 0.25) is 0 Å². The van der Waals surface area contributed by atoms with Gasteiger partial charge in [0.05, 0.1) is 22.8 Å². The average molecular weight is 405 g/mol. The zero-order valence-corrected chi connectivity index (χ0v) is 17.7. The molecule has 0 aliphatic heterocycles. The number of aromatic nitrogens is 6. The summed E-state index contributed by atoms with van der Waals surface area (Å²) < 4.78 is 4.08. The van der Waals surface area contributed by atoms with Crippen LogP contribution in [0.4, 0.5) is 0 Å². The standard InChI is InChI=1S/C22H28N8/c1-13(2)30-14(3)27-20-18(30)10-15(11-25-20)17-6-9-29-19(17)12-26-21(28-29)22(24)7-4-16(23)5-8-22/h6,9-13,16H,4-5,7-8,23-24H2,1-3H3. The molecular weight excluding hydrogens is 376 g/mol. The highest BCUT2D eigenvalue weighted by Gasteiger charge is 2.35. The molecule has 0 unspecified atom stereocenters. The number of fused-ring (bicyclic) bond motifs is 2. The molecule has 0 amide bonds. The Morgan fingerprint density at radius 3 is 2.63 bits per heavy atom. The summed E-state index contributed by atoms with van der Waals surface area (Å²) in [5, 5.41) is 4.76. The van der Waals surface area contributed by atoms with Gasteiger partial charge in [-0.25, -0.2) is 19.5 Å². The Morgan fingerprint density at radius 2 is 1.90 bits per heavy atom. The van der Waals surface area contributed by atoms with Crippen molar-refractivity contribution in [2.45, 2.75) is 64.1 Å². The molecule has 30 heavy (non-hydrogen) atoms. The van der Waals surface area contributed by atoms with Gasteiger partial charge in [0.15, 0.2) is 11.5 Å². The summed E-state index contributed by atoms with van der Waals surface area (Å²) in [5.74, 6) is 1.66. The van der Waals surface area contributed by atoms with E-state index in [9.17, 15) is 0 Å². The maximum atomic E-state index is 6.65. The number of pyridine rings is 1. The van der Waals surface area contributed by atoms with Crippen molar-refractivity contribution in [3.8, 4) is 11.1 Å². The van der Waals surface area contributed by atoms with Gasteiger partial charge in [0, 0.05) is 35.6 Å². The van der Waals surface area contributed by atoms with Crippen LogP contribution >= 0.6 is 0 Å². The number of nitrogens with zero attached hydrogens (tertiary/aromatic N) is 6. The summed E-state index contributed by atoms with van der Waals surface area (Å²) in [7, 11) is 0. The zero-order chi connectivity index (χ0) is 21.0. The van der Waals surface area contributed by atoms with E-state index in [4.69, 9.17) is 16.6 Å². The summed E-state index contributed by atoms with van der Waals surface area (Å²) in [6.45, 7) is 6.33. The number of aryl methyl sites for hydroxylation is 1. The SMILES string of the molecule is Cc1nc2ncc(-c3ccn4nc(C5(N)CCC(N)CC5)ncc34)cc2n1C(C)C. The van der Waals surface area contributed by atoms with E-state index >= 15 is 0 Å². The van der Waals surface area contributed by atoms with Crippen LogP contribution in [0, 0.1) is 6.92 Å². The van der Waals surface area contributed by atoms with Crippen LogP contribution in [-0.2, 0) is 5.54 Å². The molecule has 4 aromatic rings. The van der Waals surface area contributed by atoms with Crippen molar-refractivity contribution < 1.29 is 0 Å². The molecule has 0 saturated heterocycles. The van der Waals surface area contributed by atoms with Gasteiger partial charge in [-0.3, -0.25) is 0 Å². The molecule has 1 aliphatic carbocycles. The molecule has 0 spiro atoms. The van der Waals surface area contributed by atoms with Crippen molar-refractivity contribution >= 4 is 16.7 Å². The van der Waals surface area contributed by atoms with Gasteiger partial charge in [-0.15, -0.1) is 0 Å². The molecule has 5 rings (SSSR count). The van der Waals surface area contributed by atoms with E-state index < -0.39 is 5.54 Å². The van der Waals surface area contributed by atoms with Crippen molar-refractivity contribution in [3.05, 3.63) is 42.4 Å². The Labute approximate surface area is 175 Å². The first kappa shape index (κ1) is 19.1. The van der Waals surface area contributed by atoms with Gasteiger partial charge in [0.1, 0.15) is 5.82 Å². The molecule has 4 heterocycles. The Hall–Kier alpha value is -2.84. The quantitative estimate of drug-likeness (QED) is 0.542. The van der Waals surface area contributed by atoms with Crippen LogP contribution in [0.5, 0.6) is 0 Å². The average Bonchev–Trinajstić information content (AvgIpc) is 3.29. The molecular formula is C22H28N8. The predicted octanol–water partition coefficient (Wildman–Crippen LogP) is 3.09. The Balaban J connectivity index is 1.56. The molecule has 4 N–H and O–H groups in total. The molecule has 0 atom stereocenters. The smallest absolute Gasteiger partial charge is 0.177 e. The maximum absolute atomic E-state index is 6.65. The van der Waals surface area contributed by atoms with Crippen molar-refractivity contribution in [1.29, 1.82) is 0 Å². The lowest BCUT2D eigenvalue weighted by molar-refractivity contribution is 0.262. The van der Waals surface area contributed by atoms with Gasteiger partial charge in [0.25, 0.3) is 0 Å². The first-order valence-electron chi connectivity index (χ1n) is 10.6. The van der Waals surface area contributed by atoms with Gasteiger partial charge in [-0.05, 0) is 58.6 Å². The summed E-state index contributed by atoms with van der Waals surface area (Å²) in [4.78, 5) is 13.9. The van der Waals surface area contributed by atoms with E-state index in [2.05, 4.69) is 45.5 Å². The summed E-state index contributed by atoms with van der Waals surface area (Å²) in [6.07, 6.45) is 9.14. The second-order valence-corrected chi connectivity index (χ2v) is 8.82. The second kappa shape index (κ2) is 6.85. The van der Waals surface area contributed by atoms with Gasteiger partial charge < -0.3 is 16.0 Å². The predicted molar refractivity (Wildman–Crippen MR) is 117 cm³/mol. The van der Waals surface area contributed by atoms with E-state index in [1.54, 1.807) is 0 Å². The van der Waals surface area contributed by atoms with E-state index in [0.717, 1.165) is 59.3 Å². The van der Waals surface area contributed by atoms with Crippen molar-refractivity contribution in [3.63, 3.8) is 0 Å². The van der Waals surface area contributed by atoms with Crippen LogP contribution in [0.15, 0.2) is 30.7 Å². The molecule has 4 aromatic heterocycles. The summed E-state index contributed by atoms with van der Waals surface area (Å²) >= 11 is 0. The molecule has 8 nitrogen and oxygen atoms in total. The van der Waals surface area contributed by atoms with Crippen LogP contribution in [0.3, 0.4) is 0 Å². The fourth-order valence-corrected chi connectivity index (χ4v) is 4.64. The van der Waals surface area contributed by atoms with E-state index in [-0.39, 0.29) is 6.04 Å². The van der Waals surface area contributed by atoms with Crippen molar-refractivity contribution in [2.75, 3.05) is 0 Å². The van der Waals surface area contributed by atoms with Crippen molar-refractivity contribution in [2.24, 2.45) is 11.5 Å². The fourth-order valence-electron chi connectivity index (χ4n) is 4.64. The minimum atomic E-state index is -0.504. The first-order valence-corrected chi connectivity index (χ1v) is 10.6. The third-order valence-electron chi connectivity index (χ3n) is 6.34. The Bertz CT molecular complexity index is 1230.